The fourth-order valence-electron chi connectivity index (χ4n) is 3.53. The molecular weight excluding hydrogens is 296 g/mol. The average molecular weight is 322 g/mol. The van der Waals surface area contributed by atoms with Crippen molar-refractivity contribution in [2.24, 2.45) is 5.92 Å². The van der Waals surface area contributed by atoms with E-state index in [0.717, 1.165) is 25.1 Å². The SMILES string of the molecule is CC(C)[C@@H](C(=O)NCc1ccccc1)N1CCc2ccccc2C1. The molecule has 1 aliphatic rings. The first-order valence-electron chi connectivity index (χ1n) is 8.77. The van der Waals surface area contributed by atoms with Gasteiger partial charge in [-0.1, -0.05) is 68.4 Å². The highest BCUT2D eigenvalue weighted by atomic mass is 16.2. The van der Waals surface area contributed by atoms with Gasteiger partial charge in [-0.05, 0) is 29.0 Å². The molecule has 3 heteroatoms. The summed E-state index contributed by atoms with van der Waals surface area (Å²) in [5.41, 5.74) is 3.91. The van der Waals surface area contributed by atoms with Crippen molar-refractivity contribution in [2.75, 3.05) is 6.54 Å². The zero-order chi connectivity index (χ0) is 16.9. The van der Waals surface area contributed by atoms with Crippen LogP contribution in [0.25, 0.3) is 0 Å². The number of nitrogens with one attached hydrogen (secondary N) is 1. The number of hydrogen-bond acceptors (Lipinski definition) is 2. The van der Waals surface area contributed by atoms with Crippen LogP contribution in [0.1, 0.15) is 30.5 Å². The van der Waals surface area contributed by atoms with E-state index in [1.807, 2.05) is 30.3 Å². The molecule has 0 bridgehead atoms. The molecule has 1 N–H and O–H groups in total. The number of hydrogen-bond donors (Lipinski definition) is 1. The Morgan fingerprint density at radius 2 is 1.71 bits per heavy atom. The lowest BCUT2D eigenvalue weighted by Gasteiger charge is -2.36. The normalized spacial score (nSPS) is 15.8. The fourth-order valence-corrected chi connectivity index (χ4v) is 3.53. The Hall–Kier alpha value is -2.13. The molecule has 0 unspecified atom stereocenters. The monoisotopic (exact) mass is 322 g/mol. The minimum atomic E-state index is -0.0814. The summed E-state index contributed by atoms with van der Waals surface area (Å²) >= 11 is 0. The van der Waals surface area contributed by atoms with Gasteiger partial charge in [-0.15, -0.1) is 0 Å². The number of carbonyl (C=O) groups is 1. The molecule has 0 saturated heterocycles. The van der Waals surface area contributed by atoms with Gasteiger partial charge in [0.1, 0.15) is 0 Å². The smallest absolute Gasteiger partial charge is 0.237 e. The van der Waals surface area contributed by atoms with Gasteiger partial charge in [0.25, 0.3) is 0 Å². The van der Waals surface area contributed by atoms with E-state index in [9.17, 15) is 4.79 Å². The van der Waals surface area contributed by atoms with E-state index in [-0.39, 0.29) is 17.9 Å². The first-order chi connectivity index (χ1) is 11.6. The summed E-state index contributed by atoms with van der Waals surface area (Å²) in [6.07, 6.45) is 1.02. The van der Waals surface area contributed by atoms with Gasteiger partial charge in [0, 0.05) is 19.6 Å². The summed E-state index contributed by atoms with van der Waals surface area (Å²) in [4.78, 5) is 15.1. The highest BCUT2D eigenvalue weighted by molar-refractivity contribution is 5.82. The third kappa shape index (κ3) is 3.85. The van der Waals surface area contributed by atoms with E-state index in [2.05, 4.69) is 48.3 Å². The molecule has 1 heterocycles. The van der Waals surface area contributed by atoms with Crippen molar-refractivity contribution >= 4 is 5.91 Å². The van der Waals surface area contributed by atoms with E-state index in [0.29, 0.717) is 6.54 Å². The number of rotatable bonds is 5. The van der Waals surface area contributed by atoms with Gasteiger partial charge >= 0.3 is 0 Å². The lowest BCUT2D eigenvalue weighted by atomic mass is 9.94. The van der Waals surface area contributed by atoms with Crippen molar-refractivity contribution < 1.29 is 4.79 Å². The molecule has 0 saturated carbocycles. The molecule has 126 valence electrons. The van der Waals surface area contributed by atoms with E-state index >= 15 is 0 Å². The molecular formula is C21H26N2O. The molecule has 24 heavy (non-hydrogen) atoms. The molecule has 0 aromatic heterocycles. The second-order valence-corrected chi connectivity index (χ2v) is 6.88. The fraction of sp³-hybridized carbons (Fsp3) is 0.381. The number of carbonyl (C=O) groups excluding carboxylic acids is 1. The van der Waals surface area contributed by atoms with Gasteiger partial charge in [0.2, 0.25) is 5.91 Å². The molecule has 2 aromatic rings. The number of benzene rings is 2. The summed E-state index contributed by atoms with van der Waals surface area (Å²) in [7, 11) is 0. The average Bonchev–Trinajstić information content (AvgIpc) is 2.60. The van der Waals surface area contributed by atoms with Crippen molar-refractivity contribution in [3.63, 3.8) is 0 Å². The predicted octanol–water partition coefficient (Wildman–Crippen LogP) is 3.39. The van der Waals surface area contributed by atoms with Crippen LogP contribution in [-0.4, -0.2) is 23.4 Å². The topological polar surface area (TPSA) is 32.3 Å². The first kappa shape index (κ1) is 16.7. The summed E-state index contributed by atoms with van der Waals surface area (Å²) < 4.78 is 0. The minimum absolute atomic E-state index is 0.0814. The van der Waals surface area contributed by atoms with Crippen LogP contribution in [0.15, 0.2) is 54.6 Å². The van der Waals surface area contributed by atoms with Gasteiger partial charge < -0.3 is 5.32 Å². The van der Waals surface area contributed by atoms with Crippen LogP contribution in [0.4, 0.5) is 0 Å². The molecule has 0 radical (unpaired) electrons. The predicted molar refractivity (Wildman–Crippen MR) is 97.5 cm³/mol. The molecule has 0 spiro atoms. The zero-order valence-electron chi connectivity index (χ0n) is 14.5. The van der Waals surface area contributed by atoms with Gasteiger partial charge in [-0.2, -0.15) is 0 Å². The van der Waals surface area contributed by atoms with Crippen molar-refractivity contribution in [3.05, 3.63) is 71.3 Å². The first-order valence-corrected chi connectivity index (χ1v) is 8.77. The third-order valence-corrected chi connectivity index (χ3v) is 4.76. The summed E-state index contributed by atoms with van der Waals surface area (Å²) in [5.74, 6) is 0.416. The van der Waals surface area contributed by atoms with Crippen LogP contribution in [0.3, 0.4) is 0 Å². The second kappa shape index (κ2) is 7.63. The summed E-state index contributed by atoms with van der Waals surface area (Å²) in [5, 5.41) is 3.12. The Balaban J connectivity index is 1.67. The molecule has 1 atom stereocenters. The number of amides is 1. The van der Waals surface area contributed by atoms with Crippen molar-refractivity contribution in [3.8, 4) is 0 Å². The standard InChI is InChI=1S/C21H26N2O/c1-16(2)20(21(24)22-14-17-8-4-3-5-9-17)23-13-12-18-10-6-7-11-19(18)15-23/h3-11,16,20H,12-15H2,1-2H3,(H,22,24)/t20-/m0/s1. The minimum Gasteiger partial charge on any atom is -0.351 e. The van der Waals surface area contributed by atoms with Crippen LogP contribution in [0.2, 0.25) is 0 Å². The van der Waals surface area contributed by atoms with Crippen LogP contribution in [0, 0.1) is 5.92 Å². The van der Waals surface area contributed by atoms with Gasteiger partial charge in [0.15, 0.2) is 0 Å². The Bertz CT molecular complexity index is 681. The largest absolute Gasteiger partial charge is 0.351 e. The van der Waals surface area contributed by atoms with Gasteiger partial charge in [-0.25, -0.2) is 0 Å². The molecule has 0 aliphatic carbocycles. The summed E-state index contributed by atoms with van der Waals surface area (Å²) in [6, 6.07) is 18.6. The van der Waals surface area contributed by atoms with E-state index in [1.165, 1.54) is 11.1 Å². The molecule has 3 nitrogen and oxygen atoms in total. The Morgan fingerprint density at radius 1 is 1.04 bits per heavy atom. The second-order valence-electron chi connectivity index (χ2n) is 6.88. The Morgan fingerprint density at radius 3 is 2.42 bits per heavy atom. The Kier molecular flexibility index (Phi) is 5.31. The number of nitrogens with zero attached hydrogens (tertiary/aromatic N) is 1. The van der Waals surface area contributed by atoms with Crippen molar-refractivity contribution in [2.45, 2.75) is 39.4 Å². The summed E-state index contributed by atoms with van der Waals surface area (Å²) in [6.45, 7) is 6.66. The highest BCUT2D eigenvalue weighted by Gasteiger charge is 2.31. The van der Waals surface area contributed by atoms with Crippen molar-refractivity contribution in [1.82, 2.24) is 10.2 Å². The zero-order valence-corrected chi connectivity index (χ0v) is 14.5. The third-order valence-electron chi connectivity index (χ3n) is 4.76. The Labute approximate surface area is 144 Å². The molecule has 1 amide bonds. The van der Waals surface area contributed by atoms with E-state index in [1.54, 1.807) is 0 Å². The maximum Gasteiger partial charge on any atom is 0.237 e. The molecule has 3 rings (SSSR count). The van der Waals surface area contributed by atoms with E-state index in [4.69, 9.17) is 0 Å². The lowest BCUT2D eigenvalue weighted by molar-refractivity contribution is -0.128. The van der Waals surface area contributed by atoms with Crippen molar-refractivity contribution in [1.29, 1.82) is 0 Å². The van der Waals surface area contributed by atoms with Gasteiger partial charge in [-0.3, -0.25) is 9.69 Å². The highest BCUT2D eigenvalue weighted by Crippen LogP contribution is 2.23. The van der Waals surface area contributed by atoms with Crippen LogP contribution in [-0.2, 0) is 24.3 Å². The number of fused-ring (bicyclic) bond motifs is 1. The maximum atomic E-state index is 12.8. The molecule has 0 fully saturated rings. The molecule has 1 aliphatic heterocycles. The van der Waals surface area contributed by atoms with E-state index < -0.39 is 0 Å². The van der Waals surface area contributed by atoms with Crippen LogP contribution < -0.4 is 5.32 Å². The maximum absolute atomic E-state index is 12.8. The lowest BCUT2D eigenvalue weighted by Crippen LogP contribution is -2.51. The van der Waals surface area contributed by atoms with Crippen LogP contribution >= 0.6 is 0 Å². The quantitative estimate of drug-likeness (QED) is 0.915. The van der Waals surface area contributed by atoms with Gasteiger partial charge in [0.05, 0.1) is 6.04 Å². The molecule has 2 aromatic carbocycles. The van der Waals surface area contributed by atoms with Crippen LogP contribution in [0.5, 0.6) is 0 Å².